The maximum Gasteiger partial charge on any atom is 0.0898 e. The zero-order valence-corrected chi connectivity index (χ0v) is 11.6. The van der Waals surface area contributed by atoms with E-state index in [2.05, 4.69) is 33.2 Å². The maximum atomic E-state index is 5.80. The SMILES string of the molecule is Cc1ccncc1CN1CCOC(Cn2ccnn2)C1. The summed E-state index contributed by atoms with van der Waals surface area (Å²) in [6.45, 7) is 6.44. The van der Waals surface area contributed by atoms with E-state index < -0.39 is 0 Å². The molecular weight excluding hydrogens is 254 g/mol. The standard InChI is InChI=1S/C14H19N5O/c1-12-2-3-15-8-13(12)9-18-6-7-20-14(10-18)11-19-5-4-16-17-19/h2-5,8,14H,6-7,9-11H2,1H3. The van der Waals surface area contributed by atoms with Crippen LogP contribution in [0.1, 0.15) is 11.1 Å². The number of ether oxygens (including phenoxy) is 1. The first-order valence-corrected chi connectivity index (χ1v) is 6.89. The molecule has 0 aromatic carbocycles. The van der Waals surface area contributed by atoms with Gasteiger partial charge in [-0.05, 0) is 24.1 Å². The lowest BCUT2D eigenvalue weighted by Crippen LogP contribution is -2.43. The van der Waals surface area contributed by atoms with Gasteiger partial charge in [-0.15, -0.1) is 5.10 Å². The van der Waals surface area contributed by atoms with Crippen LogP contribution in [0.3, 0.4) is 0 Å². The van der Waals surface area contributed by atoms with Gasteiger partial charge in [0.2, 0.25) is 0 Å². The zero-order chi connectivity index (χ0) is 13.8. The third kappa shape index (κ3) is 3.20. The molecule has 0 radical (unpaired) electrons. The second-order valence-electron chi connectivity index (χ2n) is 5.16. The second kappa shape index (κ2) is 6.11. The Bertz CT molecular complexity index is 542. The summed E-state index contributed by atoms with van der Waals surface area (Å²) in [6, 6.07) is 2.06. The van der Waals surface area contributed by atoms with Crippen molar-refractivity contribution < 1.29 is 4.74 Å². The molecule has 106 valence electrons. The molecule has 0 saturated carbocycles. The number of aromatic nitrogens is 4. The number of hydrogen-bond acceptors (Lipinski definition) is 5. The van der Waals surface area contributed by atoms with E-state index in [1.54, 1.807) is 6.20 Å². The first-order chi connectivity index (χ1) is 9.81. The molecule has 6 heteroatoms. The van der Waals surface area contributed by atoms with Crippen molar-refractivity contribution in [1.29, 1.82) is 0 Å². The first-order valence-electron chi connectivity index (χ1n) is 6.89. The molecule has 1 atom stereocenters. The monoisotopic (exact) mass is 273 g/mol. The summed E-state index contributed by atoms with van der Waals surface area (Å²) in [5.74, 6) is 0. The number of morpholine rings is 1. The average molecular weight is 273 g/mol. The summed E-state index contributed by atoms with van der Waals surface area (Å²) in [7, 11) is 0. The number of hydrogen-bond donors (Lipinski definition) is 0. The quantitative estimate of drug-likeness (QED) is 0.828. The van der Waals surface area contributed by atoms with Crippen LogP contribution < -0.4 is 0 Å². The molecule has 0 N–H and O–H groups in total. The van der Waals surface area contributed by atoms with Crippen molar-refractivity contribution in [1.82, 2.24) is 24.9 Å². The Morgan fingerprint density at radius 2 is 2.35 bits per heavy atom. The minimum absolute atomic E-state index is 0.169. The molecule has 0 bridgehead atoms. The lowest BCUT2D eigenvalue weighted by molar-refractivity contribution is -0.0405. The molecule has 1 aliphatic rings. The van der Waals surface area contributed by atoms with Gasteiger partial charge in [-0.3, -0.25) is 9.88 Å². The van der Waals surface area contributed by atoms with Gasteiger partial charge in [0.25, 0.3) is 0 Å². The molecule has 2 aromatic heterocycles. The van der Waals surface area contributed by atoms with Gasteiger partial charge < -0.3 is 4.74 Å². The molecule has 3 heterocycles. The largest absolute Gasteiger partial charge is 0.374 e. The van der Waals surface area contributed by atoms with Crippen LogP contribution in [0.5, 0.6) is 0 Å². The topological polar surface area (TPSA) is 56.1 Å². The van der Waals surface area contributed by atoms with E-state index in [-0.39, 0.29) is 6.10 Å². The van der Waals surface area contributed by atoms with Crippen molar-refractivity contribution in [2.45, 2.75) is 26.1 Å². The van der Waals surface area contributed by atoms with Crippen LogP contribution in [0, 0.1) is 6.92 Å². The van der Waals surface area contributed by atoms with Crippen LogP contribution in [0.15, 0.2) is 30.9 Å². The summed E-state index contributed by atoms with van der Waals surface area (Å²) >= 11 is 0. The Balaban J connectivity index is 1.59. The summed E-state index contributed by atoms with van der Waals surface area (Å²) in [4.78, 5) is 6.62. The van der Waals surface area contributed by atoms with E-state index in [4.69, 9.17) is 4.74 Å². The highest BCUT2D eigenvalue weighted by Crippen LogP contribution is 2.13. The van der Waals surface area contributed by atoms with Crippen molar-refractivity contribution in [2.24, 2.45) is 0 Å². The number of rotatable bonds is 4. The lowest BCUT2D eigenvalue weighted by atomic mass is 10.1. The summed E-state index contributed by atoms with van der Waals surface area (Å²) < 4.78 is 7.63. The van der Waals surface area contributed by atoms with Crippen LogP contribution in [0.25, 0.3) is 0 Å². The van der Waals surface area contributed by atoms with Crippen LogP contribution in [0.4, 0.5) is 0 Å². The molecule has 20 heavy (non-hydrogen) atoms. The van der Waals surface area contributed by atoms with Gasteiger partial charge in [-0.1, -0.05) is 5.21 Å². The van der Waals surface area contributed by atoms with Crippen molar-refractivity contribution in [3.63, 3.8) is 0 Å². The van der Waals surface area contributed by atoms with E-state index in [9.17, 15) is 0 Å². The number of nitrogens with zero attached hydrogens (tertiary/aromatic N) is 5. The number of aryl methyl sites for hydroxylation is 1. The Hall–Kier alpha value is -1.79. The summed E-state index contributed by atoms with van der Waals surface area (Å²) in [5.41, 5.74) is 2.58. The third-order valence-electron chi connectivity index (χ3n) is 3.63. The molecule has 1 aliphatic heterocycles. The highest BCUT2D eigenvalue weighted by molar-refractivity contribution is 5.21. The molecule has 3 rings (SSSR count). The molecule has 6 nitrogen and oxygen atoms in total. The zero-order valence-electron chi connectivity index (χ0n) is 11.6. The Morgan fingerprint density at radius 1 is 1.40 bits per heavy atom. The predicted octanol–water partition coefficient (Wildman–Crippen LogP) is 0.883. The van der Waals surface area contributed by atoms with E-state index in [0.29, 0.717) is 0 Å². The van der Waals surface area contributed by atoms with Crippen LogP contribution >= 0.6 is 0 Å². The molecule has 0 spiro atoms. The van der Waals surface area contributed by atoms with Crippen LogP contribution in [-0.4, -0.2) is 50.7 Å². The van der Waals surface area contributed by atoms with E-state index >= 15 is 0 Å². The van der Waals surface area contributed by atoms with Gasteiger partial charge in [-0.25, -0.2) is 4.68 Å². The lowest BCUT2D eigenvalue weighted by Gasteiger charge is -2.33. The average Bonchev–Trinajstić information content (AvgIpc) is 2.95. The van der Waals surface area contributed by atoms with Gasteiger partial charge in [0, 0.05) is 38.2 Å². The minimum atomic E-state index is 0.169. The molecule has 1 fully saturated rings. The van der Waals surface area contributed by atoms with E-state index in [1.807, 2.05) is 23.3 Å². The number of pyridine rings is 1. The maximum absolute atomic E-state index is 5.80. The second-order valence-corrected chi connectivity index (χ2v) is 5.16. The Labute approximate surface area is 118 Å². The highest BCUT2D eigenvalue weighted by Gasteiger charge is 2.21. The Kier molecular flexibility index (Phi) is 4.03. The molecule has 0 amide bonds. The van der Waals surface area contributed by atoms with Gasteiger partial charge in [0.1, 0.15) is 0 Å². The molecule has 0 aliphatic carbocycles. The van der Waals surface area contributed by atoms with Crippen molar-refractivity contribution >= 4 is 0 Å². The van der Waals surface area contributed by atoms with Gasteiger partial charge >= 0.3 is 0 Å². The molecule has 1 unspecified atom stereocenters. The smallest absolute Gasteiger partial charge is 0.0898 e. The van der Waals surface area contributed by atoms with Crippen LogP contribution in [0.2, 0.25) is 0 Å². The normalized spacial score (nSPS) is 20.1. The fourth-order valence-corrected chi connectivity index (χ4v) is 2.48. The van der Waals surface area contributed by atoms with Crippen LogP contribution in [-0.2, 0) is 17.8 Å². The highest BCUT2D eigenvalue weighted by atomic mass is 16.5. The van der Waals surface area contributed by atoms with Gasteiger partial charge in [-0.2, -0.15) is 0 Å². The molecule has 1 saturated heterocycles. The fourth-order valence-electron chi connectivity index (χ4n) is 2.48. The minimum Gasteiger partial charge on any atom is -0.374 e. The third-order valence-corrected chi connectivity index (χ3v) is 3.63. The Morgan fingerprint density at radius 3 is 3.15 bits per heavy atom. The molecular formula is C14H19N5O. The fraction of sp³-hybridized carbons (Fsp3) is 0.500. The van der Waals surface area contributed by atoms with Crippen molar-refractivity contribution in [3.8, 4) is 0 Å². The van der Waals surface area contributed by atoms with Crippen molar-refractivity contribution in [3.05, 3.63) is 42.0 Å². The summed E-state index contributed by atoms with van der Waals surface area (Å²) in [5, 5.41) is 7.81. The summed E-state index contributed by atoms with van der Waals surface area (Å²) in [6.07, 6.45) is 7.53. The van der Waals surface area contributed by atoms with E-state index in [0.717, 1.165) is 32.8 Å². The van der Waals surface area contributed by atoms with Crippen molar-refractivity contribution in [2.75, 3.05) is 19.7 Å². The van der Waals surface area contributed by atoms with E-state index in [1.165, 1.54) is 11.1 Å². The van der Waals surface area contributed by atoms with Gasteiger partial charge in [0.15, 0.2) is 0 Å². The van der Waals surface area contributed by atoms with Gasteiger partial charge in [0.05, 0.1) is 25.5 Å². The molecule has 2 aromatic rings. The predicted molar refractivity (Wildman–Crippen MR) is 74.0 cm³/mol. The first kappa shape index (κ1) is 13.2.